The van der Waals surface area contributed by atoms with Gasteiger partial charge in [0.1, 0.15) is 5.75 Å². The molecule has 0 saturated carbocycles. The number of carbonyl (C=O) groups is 1. The van der Waals surface area contributed by atoms with Crippen molar-refractivity contribution in [1.82, 2.24) is 0 Å². The van der Waals surface area contributed by atoms with Crippen molar-refractivity contribution in [3.63, 3.8) is 0 Å². The Balaban J connectivity index is 2.00. The standard InChI is InChI=1S/C21H22N2O5/c1-28-18-9-5-4-8-17(18)23-21(27)16-10-13-6-2-3-7-15(13)19(20(16)26)22-11-14(25)12-24/h2-10,14,22,24-26H,11-12H2,1H3,(H,23,27). The van der Waals surface area contributed by atoms with Crippen LogP contribution >= 0.6 is 0 Å². The van der Waals surface area contributed by atoms with Crippen molar-refractivity contribution in [2.24, 2.45) is 0 Å². The van der Waals surface area contributed by atoms with Crippen molar-refractivity contribution in [3.8, 4) is 11.5 Å². The number of anilines is 2. The van der Waals surface area contributed by atoms with Gasteiger partial charge >= 0.3 is 0 Å². The number of aliphatic hydroxyl groups excluding tert-OH is 2. The number of amides is 1. The molecular weight excluding hydrogens is 360 g/mol. The molecule has 1 atom stereocenters. The van der Waals surface area contributed by atoms with Crippen LogP contribution in [0.15, 0.2) is 54.6 Å². The van der Waals surface area contributed by atoms with E-state index in [1.807, 2.05) is 18.2 Å². The fourth-order valence-corrected chi connectivity index (χ4v) is 2.91. The molecule has 0 bridgehead atoms. The van der Waals surface area contributed by atoms with Gasteiger partial charge in [0, 0.05) is 11.9 Å². The molecule has 0 saturated heterocycles. The number of phenols is 1. The number of phenolic OH excluding ortho intramolecular Hbond substituents is 1. The predicted molar refractivity (Wildman–Crippen MR) is 108 cm³/mol. The van der Waals surface area contributed by atoms with Crippen molar-refractivity contribution in [3.05, 3.63) is 60.2 Å². The van der Waals surface area contributed by atoms with Crippen LogP contribution in [0.1, 0.15) is 10.4 Å². The Labute approximate surface area is 162 Å². The lowest BCUT2D eigenvalue weighted by Crippen LogP contribution is -2.23. The quantitative estimate of drug-likeness (QED) is 0.402. The maximum Gasteiger partial charge on any atom is 0.259 e. The highest BCUT2D eigenvalue weighted by atomic mass is 16.5. The average Bonchev–Trinajstić information content (AvgIpc) is 2.72. The summed E-state index contributed by atoms with van der Waals surface area (Å²) in [6.07, 6.45) is -0.996. The molecule has 1 amide bonds. The highest BCUT2D eigenvalue weighted by molar-refractivity contribution is 6.12. The van der Waals surface area contributed by atoms with E-state index in [2.05, 4.69) is 10.6 Å². The first-order valence-corrected chi connectivity index (χ1v) is 8.77. The van der Waals surface area contributed by atoms with Gasteiger partial charge in [-0.2, -0.15) is 0 Å². The fraction of sp³-hybridized carbons (Fsp3) is 0.190. The summed E-state index contributed by atoms with van der Waals surface area (Å²) in [6.45, 7) is -0.398. The second-order valence-corrected chi connectivity index (χ2v) is 6.24. The van der Waals surface area contributed by atoms with Crippen LogP contribution in [0.3, 0.4) is 0 Å². The number of rotatable bonds is 7. The van der Waals surface area contributed by atoms with E-state index in [1.54, 1.807) is 36.4 Å². The van der Waals surface area contributed by atoms with Gasteiger partial charge in [-0.1, -0.05) is 36.4 Å². The Morgan fingerprint density at radius 1 is 1.14 bits per heavy atom. The lowest BCUT2D eigenvalue weighted by molar-refractivity contribution is 0.102. The zero-order chi connectivity index (χ0) is 20.1. The number of para-hydroxylation sites is 2. The van der Waals surface area contributed by atoms with E-state index in [1.165, 1.54) is 7.11 Å². The van der Waals surface area contributed by atoms with Crippen LogP contribution < -0.4 is 15.4 Å². The molecule has 28 heavy (non-hydrogen) atoms. The van der Waals surface area contributed by atoms with Crippen LogP contribution in [0, 0.1) is 0 Å². The number of carbonyl (C=O) groups excluding carboxylic acids is 1. The maximum atomic E-state index is 12.8. The highest BCUT2D eigenvalue weighted by Gasteiger charge is 2.19. The molecule has 7 nitrogen and oxygen atoms in total. The van der Waals surface area contributed by atoms with E-state index in [4.69, 9.17) is 9.84 Å². The van der Waals surface area contributed by atoms with Crippen LogP contribution in [0.25, 0.3) is 10.8 Å². The first-order chi connectivity index (χ1) is 13.5. The molecule has 0 radical (unpaired) electrons. The Morgan fingerprint density at radius 3 is 2.61 bits per heavy atom. The second-order valence-electron chi connectivity index (χ2n) is 6.24. The highest BCUT2D eigenvalue weighted by Crippen LogP contribution is 2.37. The third-order valence-electron chi connectivity index (χ3n) is 4.35. The molecule has 3 aromatic rings. The van der Waals surface area contributed by atoms with Crippen LogP contribution in [-0.4, -0.2) is 47.6 Å². The Hall–Kier alpha value is -3.29. The van der Waals surface area contributed by atoms with Gasteiger partial charge in [-0.25, -0.2) is 0 Å². The van der Waals surface area contributed by atoms with Crippen LogP contribution in [0.2, 0.25) is 0 Å². The maximum absolute atomic E-state index is 12.8. The number of hydrogen-bond acceptors (Lipinski definition) is 6. The van der Waals surface area contributed by atoms with Crippen LogP contribution in [-0.2, 0) is 0 Å². The zero-order valence-corrected chi connectivity index (χ0v) is 15.3. The van der Waals surface area contributed by atoms with Crippen LogP contribution in [0.4, 0.5) is 11.4 Å². The predicted octanol–water partition coefficient (Wildman–Crippen LogP) is 2.57. The molecule has 0 aliphatic carbocycles. The minimum atomic E-state index is -0.996. The molecule has 7 heteroatoms. The number of hydrogen-bond donors (Lipinski definition) is 5. The lowest BCUT2D eigenvalue weighted by Gasteiger charge is -2.17. The third kappa shape index (κ3) is 4.00. The summed E-state index contributed by atoms with van der Waals surface area (Å²) >= 11 is 0. The smallest absolute Gasteiger partial charge is 0.259 e. The SMILES string of the molecule is COc1ccccc1NC(=O)c1cc2ccccc2c(NCC(O)CO)c1O. The van der Waals surface area contributed by atoms with Gasteiger partial charge < -0.3 is 30.7 Å². The molecule has 0 aliphatic heterocycles. The third-order valence-corrected chi connectivity index (χ3v) is 4.35. The fourth-order valence-electron chi connectivity index (χ4n) is 2.91. The van der Waals surface area contributed by atoms with Crippen molar-refractivity contribution in [1.29, 1.82) is 0 Å². The molecule has 3 aromatic carbocycles. The number of ether oxygens (including phenoxy) is 1. The van der Waals surface area contributed by atoms with Crippen molar-refractivity contribution >= 4 is 28.1 Å². The van der Waals surface area contributed by atoms with Crippen LogP contribution in [0.5, 0.6) is 11.5 Å². The molecule has 0 heterocycles. The minimum absolute atomic E-state index is 0.0195. The summed E-state index contributed by atoms with van der Waals surface area (Å²) in [5.41, 5.74) is 0.870. The Bertz CT molecular complexity index is 990. The molecular formula is C21H22N2O5. The molecule has 3 rings (SSSR count). The second kappa shape index (κ2) is 8.60. The lowest BCUT2D eigenvalue weighted by atomic mass is 10.0. The first kappa shape index (κ1) is 19.5. The van der Waals surface area contributed by atoms with Gasteiger partial charge in [-0.15, -0.1) is 0 Å². The number of nitrogens with one attached hydrogen (secondary N) is 2. The number of aliphatic hydroxyl groups is 2. The number of methoxy groups -OCH3 is 1. The molecule has 5 N–H and O–H groups in total. The van der Waals surface area contributed by atoms with E-state index in [-0.39, 0.29) is 17.9 Å². The molecule has 0 aromatic heterocycles. The summed E-state index contributed by atoms with van der Waals surface area (Å²) in [7, 11) is 1.51. The number of aromatic hydroxyl groups is 1. The summed E-state index contributed by atoms with van der Waals surface area (Å²) in [6, 6.07) is 15.8. The van der Waals surface area contributed by atoms with Crippen molar-refractivity contribution in [2.45, 2.75) is 6.10 Å². The van der Waals surface area contributed by atoms with E-state index in [0.717, 1.165) is 5.39 Å². The monoisotopic (exact) mass is 382 g/mol. The molecule has 0 fully saturated rings. The van der Waals surface area contributed by atoms with E-state index >= 15 is 0 Å². The largest absolute Gasteiger partial charge is 0.505 e. The summed E-state index contributed by atoms with van der Waals surface area (Å²) in [4.78, 5) is 12.8. The van der Waals surface area contributed by atoms with E-state index < -0.39 is 18.6 Å². The number of benzene rings is 3. The molecule has 0 aliphatic rings. The minimum Gasteiger partial charge on any atom is -0.505 e. The van der Waals surface area contributed by atoms with Gasteiger partial charge in [0.05, 0.1) is 36.8 Å². The summed E-state index contributed by atoms with van der Waals surface area (Å²) in [5, 5.41) is 36.5. The Kier molecular flexibility index (Phi) is 5.98. The zero-order valence-electron chi connectivity index (χ0n) is 15.3. The average molecular weight is 382 g/mol. The van der Waals surface area contributed by atoms with Gasteiger partial charge in [-0.05, 0) is 23.6 Å². The molecule has 0 spiro atoms. The first-order valence-electron chi connectivity index (χ1n) is 8.77. The molecule has 1 unspecified atom stereocenters. The normalized spacial score (nSPS) is 11.8. The van der Waals surface area contributed by atoms with Gasteiger partial charge in [0.15, 0.2) is 5.75 Å². The van der Waals surface area contributed by atoms with Crippen molar-refractivity contribution < 1.29 is 24.9 Å². The van der Waals surface area contributed by atoms with E-state index in [0.29, 0.717) is 22.5 Å². The van der Waals surface area contributed by atoms with E-state index in [9.17, 15) is 15.0 Å². The van der Waals surface area contributed by atoms with Gasteiger partial charge in [0.2, 0.25) is 0 Å². The molecule has 146 valence electrons. The summed E-state index contributed by atoms with van der Waals surface area (Å²) in [5.74, 6) is -0.240. The van der Waals surface area contributed by atoms with Gasteiger partial charge in [0.25, 0.3) is 5.91 Å². The topological polar surface area (TPSA) is 111 Å². The van der Waals surface area contributed by atoms with Crippen molar-refractivity contribution in [2.75, 3.05) is 30.9 Å². The summed E-state index contributed by atoms with van der Waals surface area (Å²) < 4.78 is 5.24. The Morgan fingerprint density at radius 2 is 1.86 bits per heavy atom. The number of fused-ring (bicyclic) bond motifs is 1. The van der Waals surface area contributed by atoms with Gasteiger partial charge in [-0.3, -0.25) is 4.79 Å².